The maximum absolute atomic E-state index is 11.0. The van der Waals surface area contributed by atoms with Gasteiger partial charge in [0.05, 0.1) is 0 Å². The predicted molar refractivity (Wildman–Crippen MR) is 64.5 cm³/mol. The Morgan fingerprint density at radius 2 is 2.12 bits per heavy atom. The lowest BCUT2D eigenvalue weighted by Crippen LogP contribution is -2.33. The third kappa shape index (κ3) is 4.00. The van der Waals surface area contributed by atoms with Gasteiger partial charge in [0.2, 0.25) is 5.91 Å². The number of hydrogen-bond donors (Lipinski definition) is 2. The fraction of sp³-hybridized carbons (Fsp3) is 0.417. The first kappa shape index (κ1) is 12.7. The highest BCUT2D eigenvalue weighted by Gasteiger charge is 2.05. The van der Waals surface area contributed by atoms with E-state index in [1.165, 1.54) is 11.1 Å². The molecule has 0 fully saturated rings. The van der Waals surface area contributed by atoms with Gasteiger partial charge in [-0.15, -0.1) is 0 Å². The monoisotopic (exact) mass is 221 g/mol. The van der Waals surface area contributed by atoms with Crippen LogP contribution in [0, 0.1) is 6.92 Å². The highest BCUT2D eigenvalue weighted by atomic mass is 16.2. The molecule has 0 atom stereocenters. The molecule has 0 aromatic heterocycles. The molecule has 0 aliphatic carbocycles. The van der Waals surface area contributed by atoms with Crippen LogP contribution in [0.3, 0.4) is 0 Å². The summed E-state index contributed by atoms with van der Waals surface area (Å²) in [7, 11) is 2.00. The van der Waals surface area contributed by atoms with E-state index in [0.29, 0.717) is 13.0 Å². The molecule has 1 aromatic carbocycles. The van der Waals surface area contributed by atoms with Gasteiger partial charge in [0.25, 0.3) is 0 Å². The van der Waals surface area contributed by atoms with E-state index in [9.17, 15) is 4.79 Å². The fourth-order valence-electron chi connectivity index (χ4n) is 1.52. The van der Waals surface area contributed by atoms with E-state index in [-0.39, 0.29) is 5.91 Å². The van der Waals surface area contributed by atoms with Crippen molar-refractivity contribution < 1.29 is 4.79 Å². The molecule has 0 aliphatic rings. The molecule has 1 rings (SSSR count). The van der Waals surface area contributed by atoms with Crippen molar-refractivity contribution in [3.63, 3.8) is 0 Å². The second-order valence-corrected chi connectivity index (χ2v) is 3.98. The summed E-state index contributed by atoms with van der Waals surface area (Å²) in [6, 6.07) is 8.26. The Morgan fingerprint density at radius 3 is 2.75 bits per heavy atom. The number of aryl methyl sites for hydroxylation is 1. The number of carbonyl (C=O) groups is 1. The lowest BCUT2D eigenvalue weighted by atomic mass is 10.1. The number of nitrogens with one attached hydrogen (secondary N) is 1. The van der Waals surface area contributed by atoms with Crippen LogP contribution in [0.15, 0.2) is 24.3 Å². The van der Waals surface area contributed by atoms with Gasteiger partial charge in [0.1, 0.15) is 0 Å². The molecule has 88 valence electrons. The summed E-state index contributed by atoms with van der Waals surface area (Å²) in [5, 5.41) is 0. The summed E-state index contributed by atoms with van der Waals surface area (Å²) in [5.74, 6) is 4.89. The maximum atomic E-state index is 11.0. The Morgan fingerprint density at radius 1 is 1.44 bits per heavy atom. The predicted octanol–water partition coefficient (Wildman–Crippen LogP) is 0.807. The van der Waals surface area contributed by atoms with Crippen LogP contribution in [-0.2, 0) is 11.3 Å². The first-order chi connectivity index (χ1) is 7.63. The second-order valence-electron chi connectivity index (χ2n) is 3.98. The van der Waals surface area contributed by atoms with E-state index in [2.05, 4.69) is 29.4 Å². The quantitative estimate of drug-likeness (QED) is 0.439. The van der Waals surface area contributed by atoms with Gasteiger partial charge in [-0.05, 0) is 25.1 Å². The van der Waals surface area contributed by atoms with Crippen LogP contribution in [0.5, 0.6) is 0 Å². The van der Waals surface area contributed by atoms with Crippen LogP contribution in [0.2, 0.25) is 0 Å². The smallest absolute Gasteiger partial charge is 0.235 e. The molecule has 16 heavy (non-hydrogen) atoms. The third-order valence-electron chi connectivity index (χ3n) is 2.58. The van der Waals surface area contributed by atoms with Gasteiger partial charge >= 0.3 is 0 Å². The second kappa shape index (κ2) is 6.25. The van der Waals surface area contributed by atoms with Crippen LogP contribution in [0.1, 0.15) is 17.5 Å². The van der Waals surface area contributed by atoms with E-state index in [1.807, 2.05) is 19.2 Å². The minimum Gasteiger partial charge on any atom is -0.302 e. The number of benzene rings is 1. The summed E-state index contributed by atoms with van der Waals surface area (Å²) >= 11 is 0. The van der Waals surface area contributed by atoms with Crippen molar-refractivity contribution in [2.24, 2.45) is 5.84 Å². The molecule has 4 heteroatoms. The Balaban J connectivity index is 2.43. The molecule has 0 aliphatic heterocycles. The highest BCUT2D eigenvalue weighted by Crippen LogP contribution is 2.09. The Bertz CT molecular complexity index is 352. The third-order valence-corrected chi connectivity index (χ3v) is 2.58. The molecule has 3 N–H and O–H groups in total. The summed E-state index contributed by atoms with van der Waals surface area (Å²) < 4.78 is 0. The molecule has 1 aromatic rings. The van der Waals surface area contributed by atoms with E-state index in [0.717, 1.165) is 6.54 Å². The molecule has 0 saturated heterocycles. The van der Waals surface area contributed by atoms with Crippen molar-refractivity contribution in [2.45, 2.75) is 19.9 Å². The minimum atomic E-state index is -0.128. The molecular weight excluding hydrogens is 202 g/mol. The van der Waals surface area contributed by atoms with Crippen molar-refractivity contribution in [1.29, 1.82) is 0 Å². The van der Waals surface area contributed by atoms with Crippen molar-refractivity contribution >= 4 is 5.91 Å². The fourth-order valence-corrected chi connectivity index (χ4v) is 1.52. The van der Waals surface area contributed by atoms with Gasteiger partial charge in [-0.25, -0.2) is 5.84 Å². The van der Waals surface area contributed by atoms with Crippen LogP contribution in [0.4, 0.5) is 0 Å². The van der Waals surface area contributed by atoms with E-state index in [1.54, 1.807) is 0 Å². The number of nitrogens with zero attached hydrogens (tertiary/aromatic N) is 1. The average Bonchev–Trinajstić information content (AvgIpc) is 2.29. The van der Waals surface area contributed by atoms with Crippen LogP contribution in [0.25, 0.3) is 0 Å². The zero-order chi connectivity index (χ0) is 12.0. The average molecular weight is 221 g/mol. The molecule has 0 heterocycles. The molecule has 4 nitrogen and oxygen atoms in total. The molecule has 0 spiro atoms. The van der Waals surface area contributed by atoms with Crippen molar-refractivity contribution in [3.05, 3.63) is 35.4 Å². The lowest BCUT2D eigenvalue weighted by molar-refractivity contribution is -0.121. The summed E-state index contributed by atoms with van der Waals surface area (Å²) in [4.78, 5) is 13.1. The molecule has 0 radical (unpaired) electrons. The number of amides is 1. The van der Waals surface area contributed by atoms with Crippen LogP contribution in [-0.4, -0.2) is 24.4 Å². The van der Waals surface area contributed by atoms with Crippen molar-refractivity contribution in [3.8, 4) is 0 Å². The number of carbonyl (C=O) groups excluding carboxylic acids is 1. The standard InChI is InChI=1S/C12H19N3O/c1-10-5-3-4-6-11(10)9-15(2)8-7-12(16)14-13/h3-6H,7-9,13H2,1-2H3,(H,14,16). The lowest BCUT2D eigenvalue weighted by Gasteiger charge is -2.17. The van der Waals surface area contributed by atoms with E-state index in [4.69, 9.17) is 5.84 Å². The van der Waals surface area contributed by atoms with Crippen molar-refractivity contribution in [2.75, 3.05) is 13.6 Å². The zero-order valence-corrected chi connectivity index (χ0v) is 9.86. The van der Waals surface area contributed by atoms with E-state index >= 15 is 0 Å². The van der Waals surface area contributed by atoms with Gasteiger partial charge in [-0.2, -0.15) is 0 Å². The Kier molecular flexibility index (Phi) is 4.95. The molecular formula is C12H19N3O. The SMILES string of the molecule is Cc1ccccc1CN(C)CCC(=O)NN. The van der Waals surface area contributed by atoms with Gasteiger partial charge < -0.3 is 4.90 Å². The first-order valence-electron chi connectivity index (χ1n) is 5.36. The van der Waals surface area contributed by atoms with Crippen molar-refractivity contribution in [1.82, 2.24) is 10.3 Å². The van der Waals surface area contributed by atoms with Gasteiger partial charge in [0.15, 0.2) is 0 Å². The number of rotatable bonds is 5. The van der Waals surface area contributed by atoms with Gasteiger partial charge in [-0.3, -0.25) is 10.2 Å². The topological polar surface area (TPSA) is 58.4 Å². The zero-order valence-electron chi connectivity index (χ0n) is 9.86. The normalized spacial score (nSPS) is 10.5. The molecule has 0 bridgehead atoms. The van der Waals surface area contributed by atoms with Gasteiger partial charge in [0, 0.05) is 19.5 Å². The van der Waals surface area contributed by atoms with E-state index < -0.39 is 0 Å². The summed E-state index contributed by atoms with van der Waals surface area (Å²) in [5.41, 5.74) is 4.70. The highest BCUT2D eigenvalue weighted by molar-refractivity contribution is 5.75. The largest absolute Gasteiger partial charge is 0.302 e. The molecule has 0 unspecified atom stereocenters. The first-order valence-corrected chi connectivity index (χ1v) is 5.36. The summed E-state index contributed by atoms with van der Waals surface area (Å²) in [6.45, 7) is 3.65. The Labute approximate surface area is 96.4 Å². The van der Waals surface area contributed by atoms with Crippen LogP contribution < -0.4 is 11.3 Å². The van der Waals surface area contributed by atoms with Gasteiger partial charge in [-0.1, -0.05) is 24.3 Å². The van der Waals surface area contributed by atoms with Crippen LogP contribution >= 0.6 is 0 Å². The maximum Gasteiger partial charge on any atom is 0.235 e. The number of hydrazine groups is 1. The number of nitrogens with two attached hydrogens (primary N) is 1. The Hall–Kier alpha value is -1.39. The number of hydrogen-bond acceptors (Lipinski definition) is 3. The molecule has 1 amide bonds. The molecule has 0 saturated carbocycles. The summed E-state index contributed by atoms with van der Waals surface area (Å²) in [6.07, 6.45) is 0.429. The minimum absolute atomic E-state index is 0.128.